The van der Waals surface area contributed by atoms with Crippen LogP contribution in [0.2, 0.25) is 0 Å². The minimum atomic E-state index is -0.275. The molecule has 4 nitrogen and oxygen atoms in total. The third-order valence-electron chi connectivity index (χ3n) is 4.44. The van der Waals surface area contributed by atoms with Gasteiger partial charge in [-0.25, -0.2) is 0 Å². The van der Waals surface area contributed by atoms with Crippen LogP contribution in [-0.4, -0.2) is 31.2 Å². The summed E-state index contributed by atoms with van der Waals surface area (Å²) in [6.45, 7) is 1.05. The van der Waals surface area contributed by atoms with E-state index in [1.54, 1.807) is 16.7 Å². The summed E-state index contributed by atoms with van der Waals surface area (Å²) in [5.41, 5.74) is 2.06. The Bertz CT molecular complexity index is 731. The van der Waals surface area contributed by atoms with Crippen LogP contribution in [0.5, 0.6) is 0 Å². The van der Waals surface area contributed by atoms with Crippen molar-refractivity contribution in [3.05, 3.63) is 60.2 Å². The SMILES string of the molecule is CSc1ccc(N2CC(C(=O)NCCc3ccccc3)CC2=O)cc1. The number of benzene rings is 2. The van der Waals surface area contributed by atoms with Gasteiger partial charge in [0.25, 0.3) is 0 Å². The molecule has 2 amide bonds. The molecule has 1 heterocycles. The molecule has 0 aromatic heterocycles. The van der Waals surface area contributed by atoms with E-state index in [4.69, 9.17) is 0 Å². The molecule has 3 rings (SSSR count). The maximum atomic E-state index is 12.4. The van der Waals surface area contributed by atoms with E-state index >= 15 is 0 Å². The zero-order valence-corrected chi connectivity index (χ0v) is 15.1. The minimum absolute atomic E-state index is 0.0140. The van der Waals surface area contributed by atoms with E-state index in [9.17, 15) is 9.59 Å². The number of hydrogen-bond acceptors (Lipinski definition) is 3. The summed E-state index contributed by atoms with van der Waals surface area (Å²) in [6.07, 6.45) is 3.10. The Morgan fingerprint density at radius 2 is 1.88 bits per heavy atom. The van der Waals surface area contributed by atoms with Crippen molar-refractivity contribution in [3.8, 4) is 0 Å². The topological polar surface area (TPSA) is 49.4 Å². The molecule has 0 bridgehead atoms. The number of nitrogens with one attached hydrogen (secondary N) is 1. The predicted octanol–water partition coefficient (Wildman–Crippen LogP) is 3.12. The van der Waals surface area contributed by atoms with Crippen LogP contribution < -0.4 is 10.2 Å². The monoisotopic (exact) mass is 354 g/mol. The molecule has 1 fully saturated rings. The number of carbonyl (C=O) groups is 2. The van der Waals surface area contributed by atoms with E-state index in [1.165, 1.54) is 5.56 Å². The van der Waals surface area contributed by atoms with Crippen LogP contribution in [0, 0.1) is 5.92 Å². The number of nitrogens with zero attached hydrogens (tertiary/aromatic N) is 1. The first-order valence-corrected chi connectivity index (χ1v) is 9.66. The fraction of sp³-hybridized carbons (Fsp3) is 0.300. The molecule has 5 heteroatoms. The van der Waals surface area contributed by atoms with Gasteiger partial charge in [-0.3, -0.25) is 9.59 Å². The second-order valence-electron chi connectivity index (χ2n) is 6.13. The number of amides is 2. The average Bonchev–Trinajstić information content (AvgIpc) is 3.04. The first-order chi connectivity index (χ1) is 12.2. The van der Waals surface area contributed by atoms with Crippen molar-refractivity contribution in [1.82, 2.24) is 5.32 Å². The van der Waals surface area contributed by atoms with Crippen molar-refractivity contribution in [2.75, 3.05) is 24.2 Å². The van der Waals surface area contributed by atoms with Crippen molar-refractivity contribution < 1.29 is 9.59 Å². The highest BCUT2D eigenvalue weighted by Crippen LogP contribution is 2.27. The second kappa shape index (κ2) is 8.21. The number of hydrogen-bond donors (Lipinski definition) is 1. The first-order valence-electron chi connectivity index (χ1n) is 8.43. The van der Waals surface area contributed by atoms with Crippen LogP contribution in [-0.2, 0) is 16.0 Å². The quantitative estimate of drug-likeness (QED) is 0.811. The van der Waals surface area contributed by atoms with Crippen molar-refractivity contribution in [2.24, 2.45) is 5.92 Å². The molecule has 1 saturated heterocycles. The molecular weight excluding hydrogens is 332 g/mol. The highest BCUT2D eigenvalue weighted by atomic mass is 32.2. The van der Waals surface area contributed by atoms with E-state index in [-0.39, 0.29) is 24.2 Å². The Morgan fingerprint density at radius 3 is 2.56 bits per heavy atom. The second-order valence-corrected chi connectivity index (χ2v) is 7.01. The van der Waals surface area contributed by atoms with E-state index < -0.39 is 0 Å². The number of anilines is 1. The molecule has 25 heavy (non-hydrogen) atoms. The molecule has 1 N–H and O–H groups in total. The fourth-order valence-electron chi connectivity index (χ4n) is 3.01. The zero-order chi connectivity index (χ0) is 17.6. The minimum Gasteiger partial charge on any atom is -0.355 e. The Morgan fingerprint density at radius 1 is 1.16 bits per heavy atom. The van der Waals surface area contributed by atoms with Gasteiger partial charge in [0.05, 0.1) is 5.92 Å². The Balaban J connectivity index is 1.53. The van der Waals surface area contributed by atoms with Crippen molar-refractivity contribution >= 4 is 29.3 Å². The Hall–Kier alpha value is -2.27. The number of thioether (sulfide) groups is 1. The zero-order valence-electron chi connectivity index (χ0n) is 14.3. The first kappa shape index (κ1) is 17.5. The predicted molar refractivity (Wildman–Crippen MR) is 102 cm³/mol. The fourth-order valence-corrected chi connectivity index (χ4v) is 3.42. The highest BCUT2D eigenvalue weighted by molar-refractivity contribution is 7.98. The highest BCUT2D eigenvalue weighted by Gasteiger charge is 2.34. The summed E-state index contributed by atoms with van der Waals surface area (Å²) >= 11 is 1.67. The summed E-state index contributed by atoms with van der Waals surface area (Å²) in [4.78, 5) is 27.5. The van der Waals surface area contributed by atoms with E-state index in [0.29, 0.717) is 13.1 Å². The number of carbonyl (C=O) groups excluding carboxylic acids is 2. The van der Waals surface area contributed by atoms with Gasteiger partial charge in [0.1, 0.15) is 0 Å². The van der Waals surface area contributed by atoms with Crippen LogP contribution in [0.1, 0.15) is 12.0 Å². The van der Waals surface area contributed by atoms with E-state index in [0.717, 1.165) is 17.0 Å². The maximum absolute atomic E-state index is 12.4. The standard InChI is InChI=1S/C20H22N2O2S/c1-25-18-9-7-17(8-10-18)22-14-16(13-19(22)23)20(24)21-12-11-15-5-3-2-4-6-15/h2-10,16H,11-14H2,1H3,(H,21,24). The Labute approximate surface area is 152 Å². The van der Waals surface area contributed by atoms with Crippen LogP contribution >= 0.6 is 11.8 Å². The molecule has 130 valence electrons. The van der Waals surface area contributed by atoms with Gasteiger partial charge in [-0.2, -0.15) is 0 Å². The summed E-state index contributed by atoms with van der Waals surface area (Å²) in [5, 5.41) is 2.96. The molecule has 0 saturated carbocycles. The van der Waals surface area contributed by atoms with Crippen LogP contribution in [0.4, 0.5) is 5.69 Å². The summed E-state index contributed by atoms with van der Waals surface area (Å²) in [6, 6.07) is 17.9. The molecule has 0 aliphatic carbocycles. The van der Waals surface area contributed by atoms with Crippen molar-refractivity contribution in [3.63, 3.8) is 0 Å². The van der Waals surface area contributed by atoms with Gasteiger partial charge < -0.3 is 10.2 Å². The molecule has 2 aromatic carbocycles. The van der Waals surface area contributed by atoms with Gasteiger partial charge in [0.15, 0.2) is 0 Å². The van der Waals surface area contributed by atoms with Crippen molar-refractivity contribution in [1.29, 1.82) is 0 Å². The lowest BCUT2D eigenvalue weighted by molar-refractivity contribution is -0.126. The van der Waals surface area contributed by atoms with Crippen molar-refractivity contribution in [2.45, 2.75) is 17.7 Å². The van der Waals surface area contributed by atoms with Gasteiger partial charge in [-0.05, 0) is 42.5 Å². The molecule has 1 unspecified atom stereocenters. The lowest BCUT2D eigenvalue weighted by atomic mass is 10.1. The molecular formula is C20H22N2O2S. The smallest absolute Gasteiger partial charge is 0.227 e. The molecule has 2 aromatic rings. The molecule has 0 spiro atoms. The van der Waals surface area contributed by atoms with Gasteiger partial charge in [-0.15, -0.1) is 11.8 Å². The average molecular weight is 354 g/mol. The molecule has 1 atom stereocenters. The maximum Gasteiger partial charge on any atom is 0.227 e. The molecule has 1 aliphatic rings. The van der Waals surface area contributed by atoms with Gasteiger partial charge in [0, 0.05) is 30.1 Å². The lowest BCUT2D eigenvalue weighted by Crippen LogP contribution is -2.34. The Kier molecular flexibility index (Phi) is 5.76. The van der Waals surface area contributed by atoms with Gasteiger partial charge in [-0.1, -0.05) is 30.3 Å². The summed E-state index contributed by atoms with van der Waals surface area (Å²) in [7, 11) is 0. The molecule has 0 radical (unpaired) electrons. The third kappa shape index (κ3) is 4.42. The third-order valence-corrected chi connectivity index (χ3v) is 5.18. The van der Waals surface area contributed by atoms with E-state index in [2.05, 4.69) is 5.32 Å². The molecule has 1 aliphatic heterocycles. The van der Waals surface area contributed by atoms with Gasteiger partial charge >= 0.3 is 0 Å². The summed E-state index contributed by atoms with van der Waals surface area (Å²) in [5.74, 6) is -0.295. The van der Waals surface area contributed by atoms with Crippen LogP contribution in [0.25, 0.3) is 0 Å². The normalized spacial score (nSPS) is 16.9. The lowest BCUT2D eigenvalue weighted by Gasteiger charge is -2.17. The summed E-state index contributed by atoms with van der Waals surface area (Å²) < 4.78 is 0. The largest absolute Gasteiger partial charge is 0.355 e. The van der Waals surface area contributed by atoms with E-state index in [1.807, 2.05) is 60.9 Å². The number of rotatable bonds is 6. The van der Waals surface area contributed by atoms with Crippen LogP contribution in [0.3, 0.4) is 0 Å². The van der Waals surface area contributed by atoms with Crippen LogP contribution in [0.15, 0.2) is 59.5 Å². The van der Waals surface area contributed by atoms with Gasteiger partial charge in [0.2, 0.25) is 11.8 Å².